The molecule has 178 valence electrons. The minimum atomic E-state index is -3.59. The molecule has 1 amide bonds. The molecule has 1 saturated carbocycles. The number of nitrogens with one attached hydrogen (secondary N) is 3. The maximum absolute atomic E-state index is 12.9. The van der Waals surface area contributed by atoms with Crippen LogP contribution >= 0.6 is 0 Å². The topological polar surface area (TPSA) is 96.5 Å². The predicted molar refractivity (Wildman–Crippen MR) is 131 cm³/mol. The highest BCUT2D eigenvalue weighted by atomic mass is 32.2. The van der Waals surface area contributed by atoms with Crippen LogP contribution in [0.15, 0.2) is 66.7 Å². The van der Waals surface area contributed by atoms with Crippen molar-refractivity contribution < 1.29 is 17.9 Å². The summed E-state index contributed by atoms with van der Waals surface area (Å²) in [6, 6.07) is 17.1. The van der Waals surface area contributed by atoms with Crippen LogP contribution in [0.1, 0.15) is 48.5 Å². The molecule has 0 heterocycles. The first-order chi connectivity index (χ1) is 15.7. The second kappa shape index (κ2) is 11.0. The number of benzene rings is 2. The quantitative estimate of drug-likeness (QED) is 0.463. The molecular weight excluding hydrogens is 438 g/mol. The summed E-state index contributed by atoms with van der Waals surface area (Å²) >= 11 is 0. The first-order valence-corrected chi connectivity index (χ1v) is 12.6. The van der Waals surface area contributed by atoms with E-state index in [1.807, 2.05) is 30.3 Å². The molecular formula is C25H33N3O4S. The lowest BCUT2D eigenvalue weighted by atomic mass is 9.68. The van der Waals surface area contributed by atoms with Crippen molar-refractivity contribution in [3.63, 3.8) is 0 Å². The Kier molecular flexibility index (Phi) is 8.29. The monoisotopic (exact) mass is 471 g/mol. The van der Waals surface area contributed by atoms with E-state index in [1.165, 1.54) is 0 Å². The Hall–Kier alpha value is -2.68. The largest absolute Gasteiger partial charge is 0.496 e. The van der Waals surface area contributed by atoms with Crippen molar-refractivity contribution in [2.75, 3.05) is 20.2 Å². The average Bonchev–Trinajstić information content (AvgIpc) is 2.83. The fourth-order valence-corrected chi connectivity index (χ4v) is 5.50. The zero-order valence-electron chi connectivity index (χ0n) is 19.3. The Labute approximate surface area is 196 Å². The predicted octanol–water partition coefficient (Wildman–Crippen LogP) is 3.31. The van der Waals surface area contributed by atoms with Crippen LogP contribution < -0.4 is 19.5 Å². The molecule has 0 aromatic heterocycles. The number of methoxy groups -OCH3 is 1. The van der Waals surface area contributed by atoms with Crippen LogP contribution in [0.3, 0.4) is 0 Å². The minimum absolute atomic E-state index is 0.158. The standard InChI is InChI=1S/C25H33N3O4S/c1-19(2)17-27-33(30,31)28-21-13-15-25(16-14-21,20-9-5-4-6-10-20)18-26-24(29)22-11-7-8-12-23(22)32-3/h4-12,21,27-28H,1,13-18H2,2-3H3,(H,26,29)/t21-,25-. The summed E-state index contributed by atoms with van der Waals surface area (Å²) in [4.78, 5) is 12.9. The Balaban J connectivity index is 1.70. The van der Waals surface area contributed by atoms with Crippen molar-refractivity contribution in [3.8, 4) is 5.75 Å². The van der Waals surface area contributed by atoms with E-state index < -0.39 is 10.2 Å². The summed E-state index contributed by atoms with van der Waals surface area (Å²) in [5, 5.41) is 3.10. The summed E-state index contributed by atoms with van der Waals surface area (Å²) in [7, 11) is -2.05. The molecule has 0 spiro atoms. The van der Waals surface area contributed by atoms with Gasteiger partial charge in [0, 0.05) is 24.5 Å². The SMILES string of the molecule is C=C(C)CNS(=O)(=O)N[C@H]1CC[C@](CNC(=O)c2ccccc2OC)(c2ccccc2)CC1. The van der Waals surface area contributed by atoms with E-state index in [-0.39, 0.29) is 23.9 Å². The third-order valence-electron chi connectivity index (χ3n) is 6.15. The van der Waals surface area contributed by atoms with Crippen LogP contribution in [0.2, 0.25) is 0 Å². The lowest BCUT2D eigenvalue weighted by Crippen LogP contribution is -2.49. The van der Waals surface area contributed by atoms with Crippen LogP contribution in [-0.4, -0.2) is 40.6 Å². The normalized spacial score (nSPS) is 20.7. The first kappa shape index (κ1) is 25.0. The maximum Gasteiger partial charge on any atom is 0.277 e. The van der Waals surface area contributed by atoms with Crippen LogP contribution in [0, 0.1) is 0 Å². The Morgan fingerprint density at radius 2 is 1.73 bits per heavy atom. The Bertz CT molecular complexity index is 1060. The zero-order chi connectivity index (χ0) is 23.9. The van der Waals surface area contributed by atoms with Crippen molar-refractivity contribution >= 4 is 16.1 Å². The third kappa shape index (κ3) is 6.66. The number of ether oxygens (including phenoxy) is 1. The summed E-state index contributed by atoms with van der Waals surface area (Å²) in [5.41, 5.74) is 2.12. The van der Waals surface area contributed by atoms with Crippen molar-refractivity contribution in [1.82, 2.24) is 14.8 Å². The molecule has 0 aliphatic heterocycles. The molecule has 0 bridgehead atoms. The van der Waals surface area contributed by atoms with Gasteiger partial charge in [0.05, 0.1) is 12.7 Å². The zero-order valence-corrected chi connectivity index (χ0v) is 20.1. The van der Waals surface area contributed by atoms with Crippen LogP contribution in [0.5, 0.6) is 5.75 Å². The van der Waals surface area contributed by atoms with Gasteiger partial charge in [-0.3, -0.25) is 4.79 Å². The second-order valence-electron chi connectivity index (χ2n) is 8.70. The molecule has 0 unspecified atom stereocenters. The lowest BCUT2D eigenvalue weighted by molar-refractivity contribution is 0.0932. The van der Waals surface area contributed by atoms with E-state index in [0.29, 0.717) is 30.7 Å². The lowest BCUT2D eigenvalue weighted by Gasteiger charge is -2.41. The van der Waals surface area contributed by atoms with Crippen molar-refractivity contribution in [2.24, 2.45) is 0 Å². The van der Waals surface area contributed by atoms with Gasteiger partial charge in [0.25, 0.3) is 16.1 Å². The number of rotatable bonds is 10. The molecule has 0 atom stereocenters. The summed E-state index contributed by atoms with van der Waals surface area (Å²) < 4.78 is 35.3. The van der Waals surface area contributed by atoms with E-state index >= 15 is 0 Å². The van der Waals surface area contributed by atoms with E-state index in [0.717, 1.165) is 24.0 Å². The number of hydrogen-bond acceptors (Lipinski definition) is 4. The fraction of sp³-hybridized carbons (Fsp3) is 0.400. The molecule has 8 heteroatoms. The van der Waals surface area contributed by atoms with Gasteiger partial charge in [-0.1, -0.05) is 54.6 Å². The maximum atomic E-state index is 12.9. The summed E-state index contributed by atoms with van der Waals surface area (Å²) in [6.45, 7) is 6.18. The molecule has 1 aliphatic carbocycles. The van der Waals surface area contributed by atoms with Crippen molar-refractivity contribution in [2.45, 2.75) is 44.1 Å². The van der Waals surface area contributed by atoms with Gasteiger partial charge in [-0.05, 0) is 50.3 Å². The molecule has 0 radical (unpaired) electrons. The highest BCUT2D eigenvalue weighted by Gasteiger charge is 2.38. The van der Waals surface area contributed by atoms with E-state index in [1.54, 1.807) is 26.2 Å². The number of carbonyl (C=O) groups excluding carboxylic acids is 1. The molecule has 1 aliphatic rings. The number of hydrogen-bond donors (Lipinski definition) is 3. The molecule has 0 saturated heterocycles. The molecule has 33 heavy (non-hydrogen) atoms. The van der Waals surface area contributed by atoms with Gasteiger partial charge in [0.1, 0.15) is 5.75 Å². The summed E-state index contributed by atoms with van der Waals surface area (Å²) in [6.07, 6.45) is 2.84. The Morgan fingerprint density at radius 1 is 1.09 bits per heavy atom. The highest BCUT2D eigenvalue weighted by Crippen LogP contribution is 2.39. The minimum Gasteiger partial charge on any atom is -0.496 e. The average molecular weight is 472 g/mol. The molecule has 2 aromatic rings. The molecule has 7 nitrogen and oxygen atoms in total. The van der Waals surface area contributed by atoms with E-state index in [4.69, 9.17) is 4.74 Å². The van der Waals surface area contributed by atoms with Gasteiger partial charge in [-0.25, -0.2) is 0 Å². The third-order valence-corrected chi connectivity index (χ3v) is 7.32. The van der Waals surface area contributed by atoms with Gasteiger partial charge >= 0.3 is 0 Å². The molecule has 1 fully saturated rings. The number of carbonyl (C=O) groups is 1. The molecule has 3 rings (SSSR count). The van der Waals surface area contributed by atoms with Crippen LogP contribution in [-0.2, 0) is 15.6 Å². The highest BCUT2D eigenvalue weighted by molar-refractivity contribution is 7.87. The van der Waals surface area contributed by atoms with Gasteiger partial charge in [-0.15, -0.1) is 0 Å². The van der Waals surface area contributed by atoms with Gasteiger partial charge in [-0.2, -0.15) is 17.9 Å². The Morgan fingerprint density at radius 3 is 2.36 bits per heavy atom. The fourth-order valence-electron chi connectivity index (χ4n) is 4.30. The van der Waals surface area contributed by atoms with E-state index in [9.17, 15) is 13.2 Å². The first-order valence-electron chi connectivity index (χ1n) is 11.1. The smallest absolute Gasteiger partial charge is 0.277 e. The second-order valence-corrected chi connectivity index (χ2v) is 10.2. The van der Waals surface area contributed by atoms with Gasteiger partial charge in [0.2, 0.25) is 0 Å². The molecule has 3 N–H and O–H groups in total. The summed E-state index contributed by atoms with van der Waals surface area (Å²) in [5.74, 6) is 0.346. The van der Waals surface area contributed by atoms with Crippen molar-refractivity contribution in [1.29, 1.82) is 0 Å². The van der Waals surface area contributed by atoms with Gasteiger partial charge < -0.3 is 10.1 Å². The van der Waals surface area contributed by atoms with E-state index in [2.05, 4.69) is 33.5 Å². The van der Waals surface area contributed by atoms with Crippen LogP contribution in [0.25, 0.3) is 0 Å². The number of para-hydroxylation sites is 1. The van der Waals surface area contributed by atoms with Crippen LogP contribution in [0.4, 0.5) is 0 Å². The van der Waals surface area contributed by atoms with Gasteiger partial charge in [0.15, 0.2) is 0 Å². The number of amides is 1. The molecule has 2 aromatic carbocycles. The van der Waals surface area contributed by atoms with Crippen molar-refractivity contribution in [3.05, 3.63) is 77.9 Å².